The normalized spacial score (nSPS) is 22.6. The molecule has 1 aromatic rings. The fraction of sp³-hybridized carbons (Fsp3) is 0.650. The van der Waals surface area contributed by atoms with Gasteiger partial charge in [-0.2, -0.15) is 4.31 Å². The van der Waals surface area contributed by atoms with Crippen molar-refractivity contribution in [3.8, 4) is 0 Å². The minimum atomic E-state index is -3.32. The van der Waals surface area contributed by atoms with Gasteiger partial charge in [-0.25, -0.2) is 8.42 Å². The zero-order valence-corrected chi connectivity index (χ0v) is 18.0. The van der Waals surface area contributed by atoms with Crippen LogP contribution in [0.15, 0.2) is 24.3 Å². The Bertz CT molecular complexity index is 778. The van der Waals surface area contributed by atoms with Crippen molar-refractivity contribution in [2.45, 2.75) is 63.1 Å². The SMILES string of the molecule is CS(=O)(=O)N(C1CCCCC1)C1CCN(C(=O)C(N)Cc2ccc(Cl)cc2)C1. The van der Waals surface area contributed by atoms with Gasteiger partial charge in [-0.15, -0.1) is 0 Å². The van der Waals surface area contributed by atoms with Crippen LogP contribution >= 0.6 is 11.6 Å². The molecule has 2 atom stereocenters. The zero-order chi connectivity index (χ0) is 20.3. The molecule has 2 aliphatic rings. The van der Waals surface area contributed by atoms with Crippen molar-refractivity contribution in [2.24, 2.45) is 5.73 Å². The van der Waals surface area contributed by atoms with Gasteiger partial charge < -0.3 is 10.6 Å². The fourth-order valence-electron chi connectivity index (χ4n) is 4.52. The van der Waals surface area contributed by atoms with Crippen molar-refractivity contribution in [2.75, 3.05) is 19.3 Å². The van der Waals surface area contributed by atoms with E-state index in [0.29, 0.717) is 31.0 Å². The van der Waals surface area contributed by atoms with Crippen LogP contribution in [-0.4, -0.2) is 61.0 Å². The Labute approximate surface area is 173 Å². The number of likely N-dealkylation sites (tertiary alicyclic amines) is 1. The predicted octanol–water partition coefficient (Wildman–Crippen LogP) is 2.41. The molecule has 1 amide bonds. The average molecular weight is 428 g/mol. The molecule has 1 saturated heterocycles. The third kappa shape index (κ3) is 5.26. The molecule has 2 N–H and O–H groups in total. The molecule has 156 valence electrons. The third-order valence-corrected chi connectivity index (χ3v) is 7.45. The van der Waals surface area contributed by atoms with Gasteiger partial charge in [-0.1, -0.05) is 43.0 Å². The summed E-state index contributed by atoms with van der Waals surface area (Å²) in [6, 6.07) is 6.59. The summed E-state index contributed by atoms with van der Waals surface area (Å²) in [6.45, 7) is 0.979. The highest BCUT2D eigenvalue weighted by molar-refractivity contribution is 7.88. The summed E-state index contributed by atoms with van der Waals surface area (Å²) in [5.41, 5.74) is 7.12. The van der Waals surface area contributed by atoms with E-state index in [1.165, 1.54) is 12.7 Å². The number of sulfonamides is 1. The third-order valence-electron chi connectivity index (χ3n) is 5.84. The van der Waals surface area contributed by atoms with Crippen molar-refractivity contribution < 1.29 is 13.2 Å². The smallest absolute Gasteiger partial charge is 0.239 e. The van der Waals surface area contributed by atoms with Gasteiger partial charge in [0.15, 0.2) is 0 Å². The first-order valence-electron chi connectivity index (χ1n) is 10.0. The Balaban J connectivity index is 1.63. The summed E-state index contributed by atoms with van der Waals surface area (Å²) < 4.78 is 26.7. The van der Waals surface area contributed by atoms with Crippen LogP contribution in [-0.2, 0) is 21.2 Å². The van der Waals surface area contributed by atoms with Crippen LogP contribution in [0.1, 0.15) is 44.1 Å². The molecule has 1 saturated carbocycles. The Morgan fingerprint density at radius 1 is 1.18 bits per heavy atom. The molecule has 0 aromatic heterocycles. The number of hydrogen-bond donors (Lipinski definition) is 1. The number of nitrogens with zero attached hydrogens (tertiary/aromatic N) is 2. The maximum atomic E-state index is 12.8. The van der Waals surface area contributed by atoms with Gasteiger partial charge in [0.25, 0.3) is 0 Å². The Morgan fingerprint density at radius 2 is 1.82 bits per heavy atom. The predicted molar refractivity (Wildman–Crippen MR) is 112 cm³/mol. The average Bonchev–Trinajstić information content (AvgIpc) is 3.12. The molecule has 2 unspecified atom stereocenters. The van der Waals surface area contributed by atoms with Crippen molar-refractivity contribution in [1.29, 1.82) is 0 Å². The van der Waals surface area contributed by atoms with Gasteiger partial charge in [0.1, 0.15) is 0 Å². The molecular weight excluding hydrogens is 398 g/mol. The minimum absolute atomic E-state index is 0.0616. The molecule has 3 rings (SSSR count). The van der Waals surface area contributed by atoms with E-state index in [1.807, 2.05) is 12.1 Å². The number of amides is 1. The summed E-state index contributed by atoms with van der Waals surface area (Å²) >= 11 is 5.90. The van der Waals surface area contributed by atoms with Crippen LogP contribution in [0.25, 0.3) is 0 Å². The van der Waals surface area contributed by atoms with Crippen LogP contribution in [0.5, 0.6) is 0 Å². The summed E-state index contributed by atoms with van der Waals surface area (Å²) in [5.74, 6) is -0.116. The maximum absolute atomic E-state index is 12.8. The number of hydrogen-bond acceptors (Lipinski definition) is 4. The second kappa shape index (κ2) is 9.11. The Hall–Kier alpha value is -1.15. The summed E-state index contributed by atoms with van der Waals surface area (Å²) in [4.78, 5) is 14.5. The van der Waals surface area contributed by atoms with Gasteiger partial charge in [-0.05, 0) is 43.4 Å². The molecule has 0 bridgehead atoms. The van der Waals surface area contributed by atoms with Crippen molar-refractivity contribution in [3.63, 3.8) is 0 Å². The zero-order valence-electron chi connectivity index (χ0n) is 16.4. The Morgan fingerprint density at radius 3 is 2.43 bits per heavy atom. The summed E-state index contributed by atoms with van der Waals surface area (Å²) in [5, 5.41) is 0.648. The monoisotopic (exact) mass is 427 g/mol. The van der Waals surface area contributed by atoms with Crippen LogP contribution < -0.4 is 5.73 Å². The molecule has 1 aliphatic carbocycles. The van der Waals surface area contributed by atoms with Crippen LogP contribution in [0, 0.1) is 0 Å². The van der Waals surface area contributed by atoms with E-state index in [2.05, 4.69) is 0 Å². The quantitative estimate of drug-likeness (QED) is 0.755. The van der Waals surface area contributed by atoms with Gasteiger partial charge in [0.05, 0.1) is 12.3 Å². The standard InChI is InChI=1S/C20H30ClN3O3S/c1-28(26,27)24(17-5-3-2-4-6-17)18-11-12-23(14-18)20(25)19(22)13-15-7-9-16(21)10-8-15/h7-10,17-19H,2-6,11-14,22H2,1H3. The largest absolute Gasteiger partial charge is 0.340 e. The van der Waals surface area contributed by atoms with Gasteiger partial charge >= 0.3 is 0 Å². The van der Waals surface area contributed by atoms with Crippen molar-refractivity contribution in [3.05, 3.63) is 34.9 Å². The van der Waals surface area contributed by atoms with Crippen LogP contribution in [0.4, 0.5) is 0 Å². The molecule has 8 heteroatoms. The van der Waals surface area contributed by atoms with E-state index in [4.69, 9.17) is 17.3 Å². The van der Waals surface area contributed by atoms with E-state index in [0.717, 1.165) is 31.2 Å². The minimum Gasteiger partial charge on any atom is -0.340 e. The number of nitrogens with two attached hydrogens (primary N) is 1. The van der Waals surface area contributed by atoms with E-state index in [-0.39, 0.29) is 18.0 Å². The molecule has 2 fully saturated rings. The first kappa shape index (κ1) is 21.6. The highest BCUT2D eigenvalue weighted by atomic mass is 35.5. The van der Waals surface area contributed by atoms with Gasteiger partial charge in [-0.3, -0.25) is 4.79 Å². The topological polar surface area (TPSA) is 83.7 Å². The van der Waals surface area contributed by atoms with E-state index in [1.54, 1.807) is 21.3 Å². The van der Waals surface area contributed by atoms with Crippen LogP contribution in [0.3, 0.4) is 0 Å². The lowest BCUT2D eigenvalue weighted by molar-refractivity contribution is -0.131. The van der Waals surface area contributed by atoms with Crippen LogP contribution in [0.2, 0.25) is 5.02 Å². The number of halogens is 1. The second-order valence-electron chi connectivity index (χ2n) is 8.05. The molecule has 6 nitrogen and oxygen atoms in total. The Kier molecular flexibility index (Phi) is 7.02. The number of benzene rings is 1. The molecule has 1 heterocycles. The summed E-state index contributed by atoms with van der Waals surface area (Å²) in [6.07, 6.45) is 7.52. The first-order valence-corrected chi connectivity index (χ1v) is 12.3. The van der Waals surface area contributed by atoms with Crippen molar-refractivity contribution >= 4 is 27.5 Å². The molecular formula is C20H30ClN3O3S. The van der Waals surface area contributed by atoms with E-state index < -0.39 is 16.1 Å². The second-order valence-corrected chi connectivity index (χ2v) is 10.4. The number of rotatable bonds is 6. The molecule has 1 aliphatic heterocycles. The highest BCUT2D eigenvalue weighted by Crippen LogP contribution is 2.29. The molecule has 1 aromatic carbocycles. The number of carbonyl (C=O) groups is 1. The lowest BCUT2D eigenvalue weighted by atomic mass is 9.95. The first-order chi connectivity index (χ1) is 13.3. The molecule has 0 radical (unpaired) electrons. The lowest BCUT2D eigenvalue weighted by Gasteiger charge is -2.36. The highest BCUT2D eigenvalue weighted by Gasteiger charge is 2.39. The molecule has 0 spiro atoms. The fourth-order valence-corrected chi connectivity index (χ4v) is 6.11. The van der Waals surface area contributed by atoms with Crippen molar-refractivity contribution in [1.82, 2.24) is 9.21 Å². The van der Waals surface area contributed by atoms with E-state index >= 15 is 0 Å². The van der Waals surface area contributed by atoms with E-state index in [9.17, 15) is 13.2 Å². The van der Waals surface area contributed by atoms with Gasteiger partial charge in [0.2, 0.25) is 15.9 Å². The maximum Gasteiger partial charge on any atom is 0.239 e. The lowest BCUT2D eigenvalue weighted by Crippen LogP contribution is -2.50. The van der Waals surface area contributed by atoms with Gasteiger partial charge in [0, 0.05) is 30.2 Å². The number of carbonyl (C=O) groups excluding carboxylic acids is 1. The molecule has 28 heavy (non-hydrogen) atoms. The summed E-state index contributed by atoms with van der Waals surface area (Å²) in [7, 11) is -3.32.